The lowest BCUT2D eigenvalue weighted by Crippen LogP contribution is -2.38. The number of methoxy groups -OCH3 is 1. The highest BCUT2D eigenvalue weighted by atomic mass is 16.5. The normalized spacial score (nSPS) is 30.1. The summed E-state index contributed by atoms with van der Waals surface area (Å²) < 4.78 is 10.7. The highest BCUT2D eigenvalue weighted by Crippen LogP contribution is 2.37. The van der Waals surface area contributed by atoms with Gasteiger partial charge in [0.1, 0.15) is 17.0 Å². The van der Waals surface area contributed by atoms with Gasteiger partial charge in [0.15, 0.2) is 0 Å². The van der Waals surface area contributed by atoms with E-state index in [0.717, 1.165) is 0 Å². The van der Waals surface area contributed by atoms with Gasteiger partial charge in [0.2, 0.25) is 0 Å². The van der Waals surface area contributed by atoms with E-state index in [1.807, 2.05) is 13.0 Å². The van der Waals surface area contributed by atoms with Crippen LogP contribution in [-0.2, 0) is 10.3 Å². The SMILES string of the molecule is COc1cccnc1C1(O)CCOC(C)C1. The molecule has 0 saturated carbocycles. The molecule has 1 aromatic rings. The zero-order chi connectivity index (χ0) is 11.6. The van der Waals surface area contributed by atoms with Crippen molar-refractivity contribution in [2.75, 3.05) is 13.7 Å². The summed E-state index contributed by atoms with van der Waals surface area (Å²) in [6.45, 7) is 2.51. The van der Waals surface area contributed by atoms with Crippen LogP contribution in [0.4, 0.5) is 0 Å². The molecule has 0 aromatic carbocycles. The molecule has 1 N–H and O–H groups in total. The molecular weight excluding hydrogens is 206 g/mol. The lowest BCUT2D eigenvalue weighted by Gasteiger charge is -2.35. The minimum Gasteiger partial charge on any atom is -0.495 e. The van der Waals surface area contributed by atoms with Crippen molar-refractivity contribution in [2.45, 2.75) is 31.5 Å². The molecule has 2 rings (SSSR count). The number of rotatable bonds is 2. The Kier molecular flexibility index (Phi) is 3.12. The van der Waals surface area contributed by atoms with Gasteiger partial charge >= 0.3 is 0 Å². The van der Waals surface area contributed by atoms with E-state index >= 15 is 0 Å². The molecule has 1 saturated heterocycles. The Morgan fingerprint density at radius 2 is 2.44 bits per heavy atom. The van der Waals surface area contributed by atoms with Crippen LogP contribution in [0.1, 0.15) is 25.5 Å². The van der Waals surface area contributed by atoms with Gasteiger partial charge in [-0.2, -0.15) is 0 Å². The number of aromatic nitrogens is 1. The van der Waals surface area contributed by atoms with Gasteiger partial charge in [0, 0.05) is 19.0 Å². The lowest BCUT2D eigenvalue weighted by molar-refractivity contribution is -0.104. The van der Waals surface area contributed by atoms with Crippen LogP contribution in [0, 0.1) is 0 Å². The number of hydrogen-bond donors (Lipinski definition) is 1. The van der Waals surface area contributed by atoms with Crippen LogP contribution in [-0.4, -0.2) is 29.9 Å². The fourth-order valence-corrected chi connectivity index (χ4v) is 2.19. The summed E-state index contributed by atoms with van der Waals surface area (Å²) in [4.78, 5) is 4.25. The molecule has 0 radical (unpaired) electrons. The van der Waals surface area contributed by atoms with Gasteiger partial charge in [0.25, 0.3) is 0 Å². The number of ether oxygens (including phenoxy) is 2. The summed E-state index contributed by atoms with van der Waals surface area (Å²) in [5.74, 6) is 0.638. The van der Waals surface area contributed by atoms with Crippen molar-refractivity contribution in [1.82, 2.24) is 4.98 Å². The van der Waals surface area contributed by atoms with Crippen molar-refractivity contribution >= 4 is 0 Å². The van der Waals surface area contributed by atoms with Crippen molar-refractivity contribution in [3.63, 3.8) is 0 Å². The average molecular weight is 223 g/mol. The van der Waals surface area contributed by atoms with Gasteiger partial charge in [-0.3, -0.25) is 4.98 Å². The van der Waals surface area contributed by atoms with Crippen molar-refractivity contribution in [2.24, 2.45) is 0 Å². The van der Waals surface area contributed by atoms with Crippen LogP contribution in [0.25, 0.3) is 0 Å². The van der Waals surface area contributed by atoms with Crippen LogP contribution in [0.15, 0.2) is 18.3 Å². The second kappa shape index (κ2) is 4.39. The monoisotopic (exact) mass is 223 g/mol. The Labute approximate surface area is 95.2 Å². The molecule has 2 heterocycles. The molecule has 2 atom stereocenters. The molecule has 0 spiro atoms. The molecule has 4 heteroatoms. The van der Waals surface area contributed by atoms with Crippen LogP contribution in [0.3, 0.4) is 0 Å². The molecule has 1 aliphatic rings. The highest BCUT2D eigenvalue weighted by molar-refractivity contribution is 5.32. The van der Waals surface area contributed by atoms with Crippen molar-refractivity contribution < 1.29 is 14.6 Å². The molecular formula is C12H17NO3. The molecule has 0 aliphatic carbocycles. The number of aliphatic hydroxyl groups is 1. The summed E-state index contributed by atoms with van der Waals surface area (Å²) in [5, 5.41) is 10.6. The predicted octanol–water partition coefficient (Wildman–Crippen LogP) is 1.48. The Morgan fingerprint density at radius 3 is 3.12 bits per heavy atom. The van der Waals surface area contributed by atoms with E-state index in [0.29, 0.717) is 30.9 Å². The van der Waals surface area contributed by atoms with Crippen LogP contribution >= 0.6 is 0 Å². The number of hydrogen-bond acceptors (Lipinski definition) is 4. The van der Waals surface area contributed by atoms with Crippen LogP contribution < -0.4 is 4.74 Å². The molecule has 2 unspecified atom stereocenters. The highest BCUT2D eigenvalue weighted by Gasteiger charge is 2.38. The van der Waals surface area contributed by atoms with Gasteiger partial charge in [-0.05, 0) is 19.1 Å². The fourth-order valence-electron chi connectivity index (χ4n) is 2.19. The summed E-state index contributed by atoms with van der Waals surface area (Å²) in [7, 11) is 1.59. The Bertz CT molecular complexity index is 369. The lowest BCUT2D eigenvalue weighted by atomic mass is 9.87. The maximum Gasteiger partial charge on any atom is 0.143 e. The van der Waals surface area contributed by atoms with Crippen LogP contribution in [0.2, 0.25) is 0 Å². The Morgan fingerprint density at radius 1 is 1.62 bits per heavy atom. The van der Waals surface area contributed by atoms with Gasteiger partial charge in [-0.1, -0.05) is 0 Å². The Hall–Kier alpha value is -1.13. The third-order valence-electron chi connectivity index (χ3n) is 2.97. The van der Waals surface area contributed by atoms with Gasteiger partial charge < -0.3 is 14.6 Å². The third kappa shape index (κ3) is 2.03. The first-order valence-corrected chi connectivity index (χ1v) is 5.49. The third-order valence-corrected chi connectivity index (χ3v) is 2.97. The first-order chi connectivity index (χ1) is 7.65. The largest absolute Gasteiger partial charge is 0.495 e. The van der Waals surface area contributed by atoms with E-state index in [-0.39, 0.29) is 6.10 Å². The topological polar surface area (TPSA) is 51.6 Å². The zero-order valence-electron chi connectivity index (χ0n) is 9.64. The summed E-state index contributed by atoms with van der Waals surface area (Å²) in [6, 6.07) is 3.62. The van der Waals surface area contributed by atoms with Gasteiger partial charge in [-0.15, -0.1) is 0 Å². The van der Waals surface area contributed by atoms with E-state index in [2.05, 4.69) is 4.98 Å². The molecule has 4 nitrogen and oxygen atoms in total. The van der Waals surface area contributed by atoms with Crippen molar-refractivity contribution in [3.05, 3.63) is 24.0 Å². The second-order valence-corrected chi connectivity index (χ2v) is 4.22. The summed E-state index contributed by atoms with van der Waals surface area (Å²) >= 11 is 0. The van der Waals surface area contributed by atoms with E-state index in [1.54, 1.807) is 19.4 Å². The minimum atomic E-state index is -0.926. The van der Waals surface area contributed by atoms with E-state index in [1.165, 1.54) is 0 Å². The summed E-state index contributed by atoms with van der Waals surface area (Å²) in [5.41, 5.74) is -0.308. The average Bonchev–Trinajstić information content (AvgIpc) is 2.29. The van der Waals surface area contributed by atoms with Crippen molar-refractivity contribution in [3.8, 4) is 5.75 Å². The maximum absolute atomic E-state index is 10.6. The molecule has 88 valence electrons. The molecule has 0 bridgehead atoms. The smallest absolute Gasteiger partial charge is 0.143 e. The second-order valence-electron chi connectivity index (χ2n) is 4.22. The quantitative estimate of drug-likeness (QED) is 0.825. The van der Waals surface area contributed by atoms with E-state index in [9.17, 15) is 5.11 Å². The number of nitrogens with zero attached hydrogens (tertiary/aromatic N) is 1. The minimum absolute atomic E-state index is 0.0467. The van der Waals surface area contributed by atoms with Crippen molar-refractivity contribution in [1.29, 1.82) is 0 Å². The fraction of sp³-hybridized carbons (Fsp3) is 0.583. The Balaban J connectivity index is 2.34. The predicted molar refractivity (Wildman–Crippen MR) is 59.3 cm³/mol. The van der Waals surface area contributed by atoms with Gasteiger partial charge in [0.05, 0.1) is 19.8 Å². The van der Waals surface area contributed by atoms with Crippen LogP contribution in [0.5, 0.6) is 5.75 Å². The first kappa shape index (κ1) is 11.4. The van der Waals surface area contributed by atoms with E-state index < -0.39 is 5.60 Å². The molecule has 16 heavy (non-hydrogen) atoms. The number of pyridine rings is 1. The zero-order valence-corrected chi connectivity index (χ0v) is 9.64. The maximum atomic E-state index is 10.6. The standard InChI is InChI=1S/C12H17NO3/c1-9-8-12(14,5-7-16-9)11-10(15-2)4-3-6-13-11/h3-4,6,9,14H,5,7-8H2,1-2H3. The molecule has 1 fully saturated rings. The van der Waals surface area contributed by atoms with E-state index in [4.69, 9.17) is 9.47 Å². The first-order valence-electron chi connectivity index (χ1n) is 5.49. The molecule has 1 aromatic heterocycles. The summed E-state index contributed by atoms with van der Waals surface area (Å²) in [6.07, 6.45) is 2.84. The molecule has 0 amide bonds. The van der Waals surface area contributed by atoms with Gasteiger partial charge in [-0.25, -0.2) is 0 Å². The molecule has 1 aliphatic heterocycles.